The first kappa shape index (κ1) is 13.8. The summed E-state index contributed by atoms with van der Waals surface area (Å²) in [6, 6.07) is 7.77. The Balaban J connectivity index is 2.16. The molecule has 96 valence electrons. The highest BCUT2D eigenvalue weighted by atomic mass is 79.9. The second kappa shape index (κ2) is 6.00. The summed E-state index contributed by atoms with van der Waals surface area (Å²) in [6.45, 7) is 3.76. The van der Waals surface area contributed by atoms with E-state index >= 15 is 0 Å². The Morgan fingerprint density at radius 2 is 1.94 bits per heavy atom. The lowest BCUT2D eigenvalue weighted by Crippen LogP contribution is -2.06. The first-order chi connectivity index (χ1) is 8.61. The molecule has 2 aromatic rings. The van der Waals surface area contributed by atoms with E-state index in [1.165, 1.54) is 5.69 Å². The molecule has 0 bridgehead atoms. The quantitative estimate of drug-likeness (QED) is 0.805. The van der Waals surface area contributed by atoms with Gasteiger partial charge in [-0.25, -0.2) is 0 Å². The lowest BCUT2D eigenvalue weighted by molar-refractivity contribution is 0.724. The van der Waals surface area contributed by atoms with Crippen LogP contribution in [0.1, 0.15) is 12.6 Å². The van der Waals surface area contributed by atoms with E-state index in [0.717, 1.165) is 16.7 Å². The minimum Gasteiger partial charge on any atom is -0.377 e. The van der Waals surface area contributed by atoms with Crippen LogP contribution in [0.15, 0.2) is 34.9 Å². The number of aryl methyl sites for hydroxylation is 1. The van der Waals surface area contributed by atoms with Crippen molar-refractivity contribution in [2.45, 2.75) is 20.0 Å². The van der Waals surface area contributed by atoms with Gasteiger partial charge in [-0.2, -0.15) is 0 Å². The molecular formula is C13H13BrCl2N2. The molecule has 1 heterocycles. The summed E-state index contributed by atoms with van der Waals surface area (Å²) in [7, 11) is 0. The van der Waals surface area contributed by atoms with Crippen molar-refractivity contribution >= 4 is 44.8 Å². The Bertz CT molecular complexity index is 529. The molecule has 0 spiro atoms. The van der Waals surface area contributed by atoms with E-state index in [-0.39, 0.29) is 0 Å². The zero-order valence-electron chi connectivity index (χ0n) is 9.88. The molecule has 0 atom stereocenters. The number of hydrogen-bond donors (Lipinski definition) is 1. The number of nitrogens with one attached hydrogen (secondary N) is 1. The van der Waals surface area contributed by atoms with E-state index in [4.69, 9.17) is 23.2 Å². The smallest absolute Gasteiger partial charge is 0.0722 e. The third-order valence-electron chi connectivity index (χ3n) is 2.72. The fraction of sp³-hybridized carbons (Fsp3) is 0.231. The van der Waals surface area contributed by atoms with Crippen LogP contribution in [0, 0.1) is 0 Å². The lowest BCUT2D eigenvalue weighted by Gasteiger charge is -2.12. The van der Waals surface area contributed by atoms with Crippen LogP contribution in [0.2, 0.25) is 10.0 Å². The fourth-order valence-electron chi connectivity index (χ4n) is 1.81. The normalized spacial score (nSPS) is 10.7. The van der Waals surface area contributed by atoms with Crippen molar-refractivity contribution in [2.75, 3.05) is 5.32 Å². The number of hydrogen-bond acceptors (Lipinski definition) is 1. The third-order valence-corrected chi connectivity index (χ3v) is 3.77. The minimum absolute atomic E-state index is 0.615. The molecule has 2 nitrogen and oxygen atoms in total. The summed E-state index contributed by atoms with van der Waals surface area (Å²) in [5.41, 5.74) is 1.97. The van der Waals surface area contributed by atoms with Crippen LogP contribution in [0.4, 0.5) is 5.69 Å². The van der Waals surface area contributed by atoms with Gasteiger partial charge in [-0.15, -0.1) is 0 Å². The van der Waals surface area contributed by atoms with Crippen molar-refractivity contribution in [3.8, 4) is 0 Å². The minimum atomic E-state index is 0.615. The van der Waals surface area contributed by atoms with Gasteiger partial charge in [0.05, 0.1) is 22.3 Å². The topological polar surface area (TPSA) is 17.0 Å². The molecule has 0 amide bonds. The van der Waals surface area contributed by atoms with Gasteiger partial charge in [-0.3, -0.25) is 0 Å². The molecule has 0 radical (unpaired) electrons. The van der Waals surface area contributed by atoms with Crippen LogP contribution in [0.25, 0.3) is 0 Å². The predicted octanol–water partition coefficient (Wildman–Crippen LogP) is 5.19. The molecular weight excluding hydrogens is 335 g/mol. The summed E-state index contributed by atoms with van der Waals surface area (Å²) >= 11 is 15.7. The highest BCUT2D eigenvalue weighted by molar-refractivity contribution is 9.10. The lowest BCUT2D eigenvalue weighted by atomic mass is 10.3. The summed E-state index contributed by atoms with van der Waals surface area (Å²) in [4.78, 5) is 0. The molecule has 0 aliphatic heterocycles. The van der Waals surface area contributed by atoms with Crippen LogP contribution in [0.3, 0.4) is 0 Å². The Morgan fingerprint density at radius 3 is 2.56 bits per heavy atom. The zero-order chi connectivity index (χ0) is 13.1. The molecule has 18 heavy (non-hydrogen) atoms. The summed E-state index contributed by atoms with van der Waals surface area (Å²) in [5, 5.41) is 4.51. The molecule has 0 saturated carbocycles. The van der Waals surface area contributed by atoms with Crippen LogP contribution in [-0.4, -0.2) is 4.57 Å². The maximum atomic E-state index is 6.16. The second-order valence-corrected chi connectivity index (χ2v) is 5.61. The van der Waals surface area contributed by atoms with Gasteiger partial charge in [0.15, 0.2) is 0 Å². The molecule has 0 aliphatic rings. The van der Waals surface area contributed by atoms with E-state index in [2.05, 4.69) is 45.0 Å². The van der Waals surface area contributed by atoms with Gasteiger partial charge < -0.3 is 9.88 Å². The second-order valence-electron chi connectivity index (χ2n) is 3.88. The summed E-state index contributed by atoms with van der Waals surface area (Å²) in [6.07, 6.45) is 2.06. The molecule has 5 heteroatoms. The largest absolute Gasteiger partial charge is 0.377 e. The molecule has 0 aliphatic carbocycles. The number of rotatable bonds is 4. The number of nitrogens with zero attached hydrogens (tertiary/aromatic N) is 1. The maximum absolute atomic E-state index is 6.16. The van der Waals surface area contributed by atoms with Crippen LogP contribution >= 0.6 is 39.1 Å². The van der Waals surface area contributed by atoms with Crippen molar-refractivity contribution in [3.05, 3.63) is 50.7 Å². The summed E-state index contributed by atoms with van der Waals surface area (Å²) < 4.78 is 3.05. The zero-order valence-corrected chi connectivity index (χ0v) is 13.0. The van der Waals surface area contributed by atoms with E-state index in [0.29, 0.717) is 16.6 Å². The molecule has 0 fully saturated rings. The average Bonchev–Trinajstić information content (AvgIpc) is 2.75. The highest BCUT2D eigenvalue weighted by Gasteiger charge is 2.08. The van der Waals surface area contributed by atoms with Crippen molar-refractivity contribution in [1.29, 1.82) is 0 Å². The van der Waals surface area contributed by atoms with E-state index in [9.17, 15) is 0 Å². The third kappa shape index (κ3) is 3.02. The van der Waals surface area contributed by atoms with E-state index < -0.39 is 0 Å². The number of anilines is 1. The van der Waals surface area contributed by atoms with Crippen molar-refractivity contribution < 1.29 is 0 Å². The monoisotopic (exact) mass is 346 g/mol. The number of halogens is 3. The SMILES string of the molecule is CCn1cccc1CNc1c(Cl)cc(Br)cc1Cl. The molecule has 1 aromatic carbocycles. The molecule has 0 saturated heterocycles. The van der Waals surface area contributed by atoms with Gasteiger partial charge in [0.2, 0.25) is 0 Å². The molecule has 1 aromatic heterocycles. The van der Waals surface area contributed by atoms with E-state index in [1.54, 1.807) is 0 Å². The Morgan fingerprint density at radius 1 is 1.28 bits per heavy atom. The van der Waals surface area contributed by atoms with Gasteiger partial charge in [-0.05, 0) is 31.2 Å². The van der Waals surface area contributed by atoms with Gasteiger partial charge in [0.25, 0.3) is 0 Å². The van der Waals surface area contributed by atoms with Crippen LogP contribution in [0.5, 0.6) is 0 Å². The Labute approximate surface area is 125 Å². The van der Waals surface area contributed by atoms with Crippen molar-refractivity contribution in [2.24, 2.45) is 0 Å². The molecule has 1 N–H and O–H groups in total. The number of benzene rings is 1. The average molecular weight is 348 g/mol. The van der Waals surface area contributed by atoms with Crippen molar-refractivity contribution in [1.82, 2.24) is 4.57 Å². The first-order valence-electron chi connectivity index (χ1n) is 5.64. The number of aromatic nitrogens is 1. The Hall–Kier alpha value is -0.640. The molecule has 0 unspecified atom stereocenters. The standard InChI is InChI=1S/C13H13BrCl2N2/c1-2-18-5-3-4-10(18)8-17-13-11(15)6-9(14)7-12(13)16/h3-7,17H,2,8H2,1H3. The maximum Gasteiger partial charge on any atom is 0.0722 e. The van der Waals surface area contributed by atoms with E-state index in [1.807, 2.05) is 18.2 Å². The Kier molecular flexibility index (Phi) is 4.60. The molecule has 2 rings (SSSR count). The van der Waals surface area contributed by atoms with Gasteiger partial charge in [0, 0.05) is 22.9 Å². The highest BCUT2D eigenvalue weighted by Crippen LogP contribution is 2.34. The summed E-state index contributed by atoms with van der Waals surface area (Å²) in [5.74, 6) is 0. The van der Waals surface area contributed by atoms with Crippen LogP contribution in [-0.2, 0) is 13.1 Å². The van der Waals surface area contributed by atoms with Gasteiger partial charge in [0.1, 0.15) is 0 Å². The fourth-order valence-corrected chi connectivity index (χ4v) is 3.15. The van der Waals surface area contributed by atoms with Crippen LogP contribution < -0.4 is 5.32 Å². The van der Waals surface area contributed by atoms with Gasteiger partial charge in [-0.1, -0.05) is 39.1 Å². The predicted molar refractivity (Wildman–Crippen MR) is 81.6 cm³/mol. The van der Waals surface area contributed by atoms with Crippen molar-refractivity contribution in [3.63, 3.8) is 0 Å². The van der Waals surface area contributed by atoms with Gasteiger partial charge >= 0.3 is 0 Å². The first-order valence-corrected chi connectivity index (χ1v) is 7.19.